The normalized spacial score (nSPS) is 9.81. The third-order valence-corrected chi connectivity index (χ3v) is 26.6. The summed E-state index contributed by atoms with van der Waals surface area (Å²) < 4.78 is 0.884. The molecule has 0 aliphatic carbocycles. The van der Waals surface area contributed by atoms with Crippen LogP contribution in [0.3, 0.4) is 0 Å². The minimum Gasteiger partial charge on any atom is -1.00 e. The summed E-state index contributed by atoms with van der Waals surface area (Å²) in [6.07, 6.45) is 3.45. The number of benzene rings is 14. The number of nitrogens with zero attached hydrogens (tertiary/aromatic N) is 2. The molecule has 0 spiro atoms. The summed E-state index contributed by atoms with van der Waals surface area (Å²) in [6, 6.07) is 153. The van der Waals surface area contributed by atoms with Crippen LogP contribution in [-0.4, -0.2) is 55.8 Å². The van der Waals surface area contributed by atoms with Crippen molar-refractivity contribution in [3.8, 4) is 11.3 Å². The van der Waals surface area contributed by atoms with E-state index in [1.54, 1.807) is 36.7 Å². The van der Waals surface area contributed by atoms with Gasteiger partial charge in [0.2, 0.25) is 0 Å². The largest absolute Gasteiger partial charge is 1.00 e. The van der Waals surface area contributed by atoms with E-state index in [1.807, 2.05) is 36.4 Å². The fourth-order valence-electron chi connectivity index (χ4n) is 11.2. The topological polar surface area (TPSA) is 190 Å². The van der Waals surface area contributed by atoms with Gasteiger partial charge in [-0.3, -0.25) is 9.78 Å². The van der Waals surface area contributed by atoms with Gasteiger partial charge in [0.1, 0.15) is 4.60 Å². The molecule has 11 nitrogen and oxygen atoms in total. The van der Waals surface area contributed by atoms with Gasteiger partial charge in [-0.15, -0.1) is 0 Å². The number of hydrogen-bond acceptors (Lipinski definition) is 9. The molecule has 0 aliphatic heterocycles. The maximum atomic E-state index is 10.6. The zero-order chi connectivity index (χ0) is 80.0. The standard InChI is InChI=1S/4C18H15P.C12H9NO2.C7H7BO4.C5H4BrN.CH2O3.2Na.Pd.H/c4*1-4-10-16(11-5-1)19(17-12-6-2-7-13-17)18-14-8-3-9-15-18;14-12(15)10-6-4-9(5-7-10)11-3-1-2-8-13-11;9-7(10)5-1-3-6(4-2-5)8(11)12;6-5-3-1-2-4-7-5;2-1-4-3;;;;/h4*1-15H;1-8H,(H,14,15);1-4,11-12H,(H,9,10);1-4H;1,3H;;;;/q;;;;;;;;2*+1;;-1/p-1. The minimum absolute atomic E-state index is 0. The Bertz CT molecular complexity index is 4460. The second-order valence-electron chi connectivity index (χ2n) is 24.1. The SMILES string of the molecule is Brc1ccccn1.O=C(O)c1ccc(-c2ccccn2)cc1.O=C(O)c1ccc(B(O)O)cc1.O=CO[O-].[H-].[Na+].[Na+].[Pd].c1ccc(P(c2ccccc2)c2ccccc2)cc1.c1ccc(P(c2ccccc2)c2ccccc2)cc1.c1ccc(P(c2ccccc2)c2ccccc2)cc1.c1ccc(P(c2ccccc2)c2ccccc2)cc1. The van der Waals surface area contributed by atoms with Crippen molar-refractivity contribution in [2.45, 2.75) is 0 Å². The van der Waals surface area contributed by atoms with E-state index in [4.69, 9.17) is 30.3 Å². The molecule has 0 fully saturated rings. The number of halogens is 1. The van der Waals surface area contributed by atoms with E-state index in [0.717, 1.165) is 15.9 Å². The van der Waals surface area contributed by atoms with Gasteiger partial charge in [0.15, 0.2) is 0 Å². The van der Waals surface area contributed by atoms with E-state index in [1.165, 1.54) is 87.9 Å². The molecule has 20 heteroatoms. The first-order chi connectivity index (χ1) is 56.0. The van der Waals surface area contributed by atoms with Gasteiger partial charge >= 0.3 is 78.2 Å². The van der Waals surface area contributed by atoms with Gasteiger partial charge in [0.25, 0.3) is 6.47 Å². The van der Waals surface area contributed by atoms with Crippen molar-refractivity contribution in [3.63, 3.8) is 0 Å². The molecule has 0 aliphatic rings. The van der Waals surface area contributed by atoms with Crippen LogP contribution in [0.1, 0.15) is 22.1 Å². The van der Waals surface area contributed by atoms with Crippen molar-refractivity contribution in [2.24, 2.45) is 0 Å². The molecule has 0 bridgehead atoms. The average Bonchev–Trinajstić information content (AvgIpc) is 0.836. The van der Waals surface area contributed by atoms with Gasteiger partial charge in [-0.1, -0.05) is 400 Å². The molecule has 2 heterocycles. The summed E-state index contributed by atoms with van der Waals surface area (Å²) in [6.45, 7) is -0.181. The van der Waals surface area contributed by atoms with Crippen molar-refractivity contribution in [3.05, 3.63) is 477 Å². The summed E-state index contributed by atoms with van der Waals surface area (Å²) in [5.41, 5.74) is 2.45. The number of aromatic nitrogens is 2. The molecular formula is C97H82BBrN2Na2O9P4Pd. The number of pyridine rings is 2. The fourth-order valence-corrected chi connectivity index (χ4v) is 20.7. The zero-order valence-electron chi connectivity index (χ0n) is 65.2. The van der Waals surface area contributed by atoms with Crippen LogP contribution in [0.2, 0.25) is 0 Å². The first kappa shape index (κ1) is 96.4. The van der Waals surface area contributed by atoms with Gasteiger partial charge in [-0.25, -0.2) is 14.6 Å². The van der Waals surface area contributed by atoms with Crippen LogP contribution in [0, 0.1) is 0 Å². The molecule has 576 valence electrons. The van der Waals surface area contributed by atoms with Crippen molar-refractivity contribution in [2.75, 3.05) is 0 Å². The fraction of sp³-hybridized carbons (Fsp3) is 0. The van der Waals surface area contributed by atoms with Gasteiger partial charge < -0.3 is 31.8 Å². The molecule has 14 aromatic carbocycles. The number of carbonyl (C=O) groups excluding carboxylic acids is 1. The van der Waals surface area contributed by atoms with Gasteiger partial charge in [-0.05, 0) is 165 Å². The summed E-state index contributed by atoms with van der Waals surface area (Å²) in [5.74, 6) is -1.95. The van der Waals surface area contributed by atoms with Crippen molar-refractivity contribution in [1.82, 2.24) is 9.97 Å². The van der Waals surface area contributed by atoms with Gasteiger partial charge in [-0.2, -0.15) is 0 Å². The Hall–Kier alpha value is -9.40. The molecule has 16 rings (SSSR count). The van der Waals surface area contributed by atoms with E-state index in [9.17, 15) is 9.59 Å². The van der Waals surface area contributed by atoms with Gasteiger partial charge in [0, 0.05) is 38.4 Å². The average molecular weight is 1790 g/mol. The Labute approximate surface area is 758 Å². The van der Waals surface area contributed by atoms with E-state index in [2.05, 4.69) is 395 Å². The predicted octanol–water partition coefficient (Wildman–Crippen LogP) is 9.69. The Morgan fingerprint density at radius 1 is 0.308 bits per heavy atom. The Morgan fingerprint density at radius 3 is 0.641 bits per heavy atom. The maximum absolute atomic E-state index is 10.6. The quantitative estimate of drug-likeness (QED) is 0.0170. The molecule has 16 aromatic rings. The molecule has 0 unspecified atom stereocenters. The maximum Gasteiger partial charge on any atom is 1.00 e. The molecule has 0 atom stereocenters. The first-order valence-electron chi connectivity index (χ1n) is 36.0. The molecular weight excluding hydrogens is 1700 g/mol. The second kappa shape index (κ2) is 56.1. The Balaban J connectivity index is 0.000000245. The van der Waals surface area contributed by atoms with E-state index >= 15 is 0 Å². The number of hydrogen-bond donors (Lipinski definition) is 4. The van der Waals surface area contributed by atoms with E-state index < -0.39 is 50.7 Å². The smallest absolute Gasteiger partial charge is 1.00 e. The van der Waals surface area contributed by atoms with Crippen molar-refractivity contribution < 1.29 is 126 Å². The monoisotopic (exact) mass is 1780 g/mol. The molecule has 117 heavy (non-hydrogen) atoms. The number of carboxylic acid groups (broad SMARTS) is 2. The molecule has 4 N–H and O–H groups in total. The summed E-state index contributed by atoms with van der Waals surface area (Å²) in [7, 11) is -3.33. The number of carbonyl (C=O) groups is 3. The number of rotatable bonds is 17. The number of carboxylic acids is 2. The molecule has 0 saturated carbocycles. The van der Waals surface area contributed by atoms with Crippen LogP contribution in [0.15, 0.2) is 466 Å². The minimum atomic E-state index is -1.55. The Kier molecular flexibility index (Phi) is 46.2. The van der Waals surface area contributed by atoms with E-state index in [0.29, 0.717) is 0 Å². The second-order valence-corrected chi connectivity index (χ2v) is 33.8. The Morgan fingerprint density at radius 2 is 0.496 bits per heavy atom. The van der Waals surface area contributed by atoms with E-state index in [-0.39, 0.29) is 104 Å². The molecule has 0 radical (unpaired) electrons. The zero-order valence-corrected chi connectivity index (χ0v) is 75.0. The first-order valence-corrected chi connectivity index (χ1v) is 42.2. The summed E-state index contributed by atoms with van der Waals surface area (Å²) in [4.78, 5) is 40.3. The molecule has 0 amide bonds. The van der Waals surface area contributed by atoms with Gasteiger partial charge in [0.05, 0.1) is 16.8 Å². The van der Waals surface area contributed by atoms with Crippen LogP contribution in [-0.2, 0) is 30.1 Å². The van der Waals surface area contributed by atoms with Crippen molar-refractivity contribution >= 4 is 142 Å². The third-order valence-electron chi connectivity index (χ3n) is 16.4. The van der Waals surface area contributed by atoms with Crippen LogP contribution in [0.25, 0.3) is 11.3 Å². The molecule has 2 aromatic heterocycles. The third kappa shape index (κ3) is 33.1. The van der Waals surface area contributed by atoms with Crippen LogP contribution in [0.4, 0.5) is 0 Å². The van der Waals surface area contributed by atoms with Crippen LogP contribution < -0.4 is 133 Å². The molecule has 0 saturated heterocycles. The number of aromatic carboxylic acids is 2. The van der Waals surface area contributed by atoms with Crippen molar-refractivity contribution in [1.29, 1.82) is 0 Å². The summed E-state index contributed by atoms with van der Waals surface area (Å²) in [5, 5.41) is 59.7. The van der Waals surface area contributed by atoms with Crippen LogP contribution in [0.5, 0.6) is 0 Å². The van der Waals surface area contributed by atoms with Crippen LogP contribution >= 0.6 is 47.6 Å². The summed E-state index contributed by atoms with van der Waals surface area (Å²) >= 11 is 3.20. The predicted molar refractivity (Wildman–Crippen MR) is 481 cm³/mol.